The molecule has 0 saturated carbocycles. The number of pyridine rings is 1. The molecule has 0 aliphatic rings. The number of fused-ring (bicyclic) bond motifs is 1. The smallest absolute Gasteiger partial charge is 0.258 e. The minimum absolute atomic E-state index is 0.495. The molecule has 3 aromatic rings. The van der Waals surface area contributed by atoms with Gasteiger partial charge in [-0.05, 0) is 30.7 Å². The van der Waals surface area contributed by atoms with Crippen LogP contribution in [0, 0.1) is 6.92 Å². The van der Waals surface area contributed by atoms with Crippen LogP contribution in [0.3, 0.4) is 0 Å². The number of amides is 1. The first-order valence-corrected chi connectivity index (χ1v) is 8.09. The number of aromatic nitrogens is 2. The lowest BCUT2D eigenvalue weighted by Crippen LogP contribution is -2.20. The fraction of sp³-hybridized carbons (Fsp3) is 0.176. The molecule has 2 heterocycles. The molecular weight excluding hydrogens is 349 g/mol. The van der Waals surface area contributed by atoms with E-state index in [0.29, 0.717) is 22.9 Å². The van der Waals surface area contributed by atoms with Crippen LogP contribution in [0.2, 0.25) is 0 Å². The molecule has 1 N–H and O–H groups in total. The second-order valence-electron chi connectivity index (χ2n) is 5.23. The van der Waals surface area contributed by atoms with Crippen LogP contribution in [0.25, 0.3) is 16.9 Å². The summed E-state index contributed by atoms with van der Waals surface area (Å²) in [6, 6.07) is 11.3. The van der Waals surface area contributed by atoms with Crippen molar-refractivity contribution in [2.24, 2.45) is 0 Å². The number of alkyl halides is 2. The number of para-hydroxylation sites is 1. The molecule has 0 aliphatic carbocycles. The molecule has 2 aromatic heterocycles. The molecule has 0 atom stereocenters. The first-order chi connectivity index (χ1) is 11.5. The number of hydrogen-bond acceptors (Lipinski definition) is 3. The Balaban J connectivity index is 2.24. The van der Waals surface area contributed by atoms with E-state index in [0.717, 1.165) is 11.1 Å². The molecule has 0 saturated heterocycles. The Morgan fingerprint density at radius 2 is 2.00 bits per heavy atom. The molecule has 24 heavy (non-hydrogen) atoms. The van der Waals surface area contributed by atoms with Gasteiger partial charge in [0.2, 0.25) is 0 Å². The Labute approximate surface area is 149 Å². The average molecular weight is 364 g/mol. The zero-order valence-corrected chi connectivity index (χ0v) is 14.6. The van der Waals surface area contributed by atoms with Crippen LogP contribution in [0.15, 0.2) is 42.6 Å². The SMILES string of the molecule is COc1ccccc1-c1nc2ccc(C)cn2c1NC(=O)C(Cl)Cl. The van der Waals surface area contributed by atoms with E-state index in [2.05, 4.69) is 10.3 Å². The van der Waals surface area contributed by atoms with Gasteiger partial charge in [-0.15, -0.1) is 0 Å². The van der Waals surface area contributed by atoms with Crippen LogP contribution in [0.5, 0.6) is 5.75 Å². The number of aryl methyl sites for hydroxylation is 1. The Bertz CT molecular complexity index is 906. The Hall–Kier alpha value is -2.24. The predicted molar refractivity (Wildman–Crippen MR) is 96.0 cm³/mol. The van der Waals surface area contributed by atoms with Gasteiger partial charge in [-0.25, -0.2) is 4.98 Å². The highest BCUT2D eigenvalue weighted by atomic mass is 35.5. The first kappa shape index (κ1) is 16.6. The Kier molecular flexibility index (Phi) is 4.64. The number of imidazole rings is 1. The monoisotopic (exact) mass is 363 g/mol. The summed E-state index contributed by atoms with van der Waals surface area (Å²) in [7, 11) is 1.59. The number of methoxy groups -OCH3 is 1. The Morgan fingerprint density at radius 1 is 1.25 bits per heavy atom. The summed E-state index contributed by atoms with van der Waals surface area (Å²) in [6.07, 6.45) is 1.88. The number of nitrogens with one attached hydrogen (secondary N) is 1. The maximum absolute atomic E-state index is 12.0. The van der Waals surface area contributed by atoms with Gasteiger partial charge in [0.1, 0.15) is 22.9 Å². The molecule has 1 amide bonds. The lowest BCUT2D eigenvalue weighted by atomic mass is 10.1. The summed E-state index contributed by atoms with van der Waals surface area (Å²) in [5.74, 6) is 0.633. The fourth-order valence-corrected chi connectivity index (χ4v) is 2.58. The summed E-state index contributed by atoms with van der Waals surface area (Å²) in [6.45, 7) is 1.96. The molecule has 0 bridgehead atoms. The van der Waals surface area contributed by atoms with E-state index in [9.17, 15) is 4.79 Å². The highest BCUT2D eigenvalue weighted by Gasteiger charge is 2.21. The minimum Gasteiger partial charge on any atom is -0.496 e. The third kappa shape index (κ3) is 3.05. The number of halogens is 2. The van der Waals surface area contributed by atoms with Crippen LogP contribution in [0.1, 0.15) is 5.56 Å². The van der Waals surface area contributed by atoms with Crippen LogP contribution in [-0.4, -0.2) is 27.2 Å². The van der Waals surface area contributed by atoms with E-state index in [-0.39, 0.29) is 0 Å². The van der Waals surface area contributed by atoms with Crippen molar-refractivity contribution >= 4 is 40.6 Å². The van der Waals surface area contributed by atoms with Crippen molar-refractivity contribution in [2.75, 3.05) is 12.4 Å². The van der Waals surface area contributed by atoms with Crippen molar-refractivity contribution in [3.8, 4) is 17.0 Å². The second-order valence-corrected chi connectivity index (χ2v) is 6.33. The van der Waals surface area contributed by atoms with Crippen molar-refractivity contribution in [3.05, 3.63) is 48.2 Å². The maximum Gasteiger partial charge on any atom is 0.258 e. The minimum atomic E-state index is -1.18. The van der Waals surface area contributed by atoms with Crippen LogP contribution in [-0.2, 0) is 4.79 Å². The highest BCUT2D eigenvalue weighted by molar-refractivity contribution is 6.54. The number of carbonyl (C=O) groups is 1. The van der Waals surface area contributed by atoms with Crippen molar-refractivity contribution in [1.29, 1.82) is 0 Å². The quantitative estimate of drug-likeness (QED) is 0.711. The van der Waals surface area contributed by atoms with Gasteiger partial charge < -0.3 is 10.1 Å². The molecular formula is C17H15Cl2N3O2. The number of ether oxygens (including phenoxy) is 1. The van der Waals surface area contributed by atoms with Gasteiger partial charge >= 0.3 is 0 Å². The highest BCUT2D eigenvalue weighted by Crippen LogP contribution is 2.35. The van der Waals surface area contributed by atoms with Crippen molar-refractivity contribution < 1.29 is 9.53 Å². The maximum atomic E-state index is 12.0. The third-order valence-corrected chi connectivity index (χ3v) is 3.96. The number of carbonyl (C=O) groups excluding carboxylic acids is 1. The predicted octanol–water partition coefficient (Wildman–Crippen LogP) is 4.06. The van der Waals surface area contributed by atoms with E-state index in [1.165, 1.54) is 0 Å². The van der Waals surface area contributed by atoms with E-state index >= 15 is 0 Å². The van der Waals surface area contributed by atoms with Crippen LogP contribution >= 0.6 is 23.2 Å². The topological polar surface area (TPSA) is 55.6 Å². The molecule has 7 heteroatoms. The number of rotatable bonds is 4. The molecule has 0 unspecified atom stereocenters. The normalized spacial score (nSPS) is 11.0. The van der Waals surface area contributed by atoms with Gasteiger partial charge in [-0.2, -0.15) is 0 Å². The molecule has 0 radical (unpaired) electrons. The molecule has 5 nitrogen and oxygen atoms in total. The fourth-order valence-electron chi connectivity index (χ4n) is 2.47. The summed E-state index contributed by atoms with van der Waals surface area (Å²) < 4.78 is 7.21. The number of anilines is 1. The number of nitrogens with zero attached hydrogens (tertiary/aromatic N) is 2. The molecule has 124 valence electrons. The number of benzene rings is 1. The first-order valence-electron chi connectivity index (χ1n) is 7.22. The largest absolute Gasteiger partial charge is 0.496 e. The Morgan fingerprint density at radius 3 is 2.71 bits per heavy atom. The van der Waals surface area contributed by atoms with Gasteiger partial charge in [-0.3, -0.25) is 9.20 Å². The van der Waals surface area contributed by atoms with E-state index in [1.807, 2.05) is 49.5 Å². The molecule has 0 aliphatic heterocycles. The van der Waals surface area contributed by atoms with Crippen LogP contribution in [0.4, 0.5) is 5.82 Å². The lowest BCUT2D eigenvalue weighted by Gasteiger charge is -2.10. The summed E-state index contributed by atoms with van der Waals surface area (Å²) in [5, 5.41) is 2.75. The van der Waals surface area contributed by atoms with Gasteiger partial charge in [-0.1, -0.05) is 41.4 Å². The lowest BCUT2D eigenvalue weighted by molar-refractivity contribution is -0.114. The zero-order chi connectivity index (χ0) is 17.3. The standard InChI is InChI=1S/C17H15Cl2N3O2/c1-10-7-8-13-20-14(11-5-3-4-6-12(11)24-2)16(22(13)9-10)21-17(23)15(18)19/h3-9,15H,1-2H3,(H,21,23). The number of hydrogen-bond donors (Lipinski definition) is 1. The van der Waals surface area contributed by atoms with Gasteiger partial charge in [0.25, 0.3) is 5.91 Å². The van der Waals surface area contributed by atoms with E-state index in [4.69, 9.17) is 27.9 Å². The summed E-state index contributed by atoms with van der Waals surface area (Å²) >= 11 is 11.4. The summed E-state index contributed by atoms with van der Waals surface area (Å²) in [4.78, 5) is 15.5. The van der Waals surface area contributed by atoms with Crippen LogP contribution < -0.4 is 10.1 Å². The molecule has 0 spiro atoms. The second kappa shape index (κ2) is 6.71. The van der Waals surface area contributed by atoms with Gasteiger partial charge in [0.15, 0.2) is 4.84 Å². The zero-order valence-electron chi connectivity index (χ0n) is 13.1. The molecule has 0 fully saturated rings. The van der Waals surface area contributed by atoms with E-state index in [1.54, 1.807) is 11.5 Å². The van der Waals surface area contributed by atoms with Crippen molar-refractivity contribution in [2.45, 2.75) is 11.8 Å². The van der Waals surface area contributed by atoms with Gasteiger partial charge in [0, 0.05) is 11.8 Å². The van der Waals surface area contributed by atoms with Crippen molar-refractivity contribution in [1.82, 2.24) is 9.38 Å². The van der Waals surface area contributed by atoms with Gasteiger partial charge in [0.05, 0.1) is 7.11 Å². The summed E-state index contributed by atoms with van der Waals surface area (Å²) in [5.41, 5.74) is 3.06. The molecule has 3 rings (SSSR count). The molecule has 1 aromatic carbocycles. The third-order valence-electron chi connectivity index (χ3n) is 3.57. The van der Waals surface area contributed by atoms with E-state index < -0.39 is 10.7 Å². The van der Waals surface area contributed by atoms with Crippen molar-refractivity contribution in [3.63, 3.8) is 0 Å². The average Bonchev–Trinajstić information content (AvgIpc) is 2.92.